The quantitative estimate of drug-likeness (QED) is 0.161. The van der Waals surface area contributed by atoms with Crippen molar-refractivity contribution in [3.8, 4) is 0 Å². The van der Waals surface area contributed by atoms with E-state index in [0.717, 1.165) is 0 Å². The van der Waals surface area contributed by atoms with Gasteiger partial charge < -0.3 is 5.73 Å². The molecule has 0 aromatic carbocycles. The molecule has 0 rings (SSSR count). The largest absolute Gasteiger partial charge is 0.324 e. The van der Waals surface area contributed by atoms with Gasteiger partial charge in [0.25, 0.3) is 0 Å². The Kier molecular flexibility index (Phi) is 2.75. The molecule has 0 unspecified atom stereocenters. The number of Topliss-reactive ketones (excluding diaryl/α,β-unsaturated/α-hetero) is 1. The van der Waals surface area contributed by atoms with Crippen molar-refractivity contribution in [3.63, 3.8) is 0 Å². The van der Waals surface area contributed by atoms with E-state index in [1.165, 1.54) is 0 Å². The predicted molar refractivity (Wildman–Crippen MR) is 26.4 cm³/mol. The summed E-state index contributed by atoms with van der Waals surface area (Å²) in [6.45, 7) is -0.303. The molecule has 0 fully saturated rings. The lowest BCUT2D eigenvalue weighted by molar-refractivity contribution is -0.137. The molecule has 0 heterocycles. The highest BCUT2D eigenvalue weighted by Crippen LogP contribution is 1.62. The van der Waals surface area contributed by atoms with Crippen molar-refractivity contribution in [2.24, 2.45) is 11.6 Å². The van der Waals surface area contributed by atoms with Crippen LogP contribution in [0, 0.1) is 0 Å². The SMILES string of the molecule is NCC(=O)C(=O)NN. The molecular weight excluding hydrogens is 110 g/mol. The minimum atomic E-state index is -0.854. The van der Waals surface area contributed by atoms with Crippen LogP contribution in [-0.4, -0.2) is 18.2 Å². The van der Waals surface area contributed by atoms with Crippen molar-refractivity contribution in [1.29, 1.82) is 0 Å². The van der Waals surface area contributed by atoms with E-state index in [1.54, 1.807) is 5.43 Å². The van der Waals surface area contributed by atoms with E-state index in [9.17, 15) is 9.59 Å². The van der Waals surface area contributed by atoms with Gasteiger partial charge in [-0.05, 0) is 0 Å². The second-order valence-electron chi connectivity index (χ2n) is 1.10. The molecule has 0 radical (unpaired) electrons. The van der Waals surface area contributed by atoms with Crippen LogP contribution in [0.4, 0.5) is 0 Å². The lowest BCUT2D eigenvalue weighted by atomic mass is 10.4. The third-order valence-electron chi connectivity index (χ3n) is 0.570. The van der Waals surface area contributed by atoms with Gasteiger partial charge in [0.05, 0.1) is 6.54 Å². The molecule has 0 aromatic rings. The van der Waals surface area contributed by atoms with Gasteiger partial charge in [-0.15, -0.1) is 0 Å². The van der Waals surface area contributed by atoms with E-state index in [-0.39, 0.29) is 6.54 Å². The fourth-order valence-electron chi connectivity index (χ4n) is 0.173. The molecule has 0 saturated heterocycles. The molecule has 1 amide bonds. The predicted octanol–water partition coefficient (Wildman–Crippen LogP) is -2.50. The highest BCUT2D eigenvalue weighted by atomic mass is 16.2. The number of amides is 1. The van der Waals surface area contributed by atoms with E-state index in [0.29, 0.717) is 0 Å². The molecule has 0 aromatic heterocycles. The molecule has 0 bridgehead atoms. The molecule has 46 valence electrons. The average Bonchev–Trinajstić information content (AvgIpc) is 1.84. The van der Waals surface area contributed by atoms with Gasteiger partial charge >= 0.3 is 5.91 Å². The second-order valence-corrected chi connectivity index (χ2v) is 1.10. The monoisotopic (exact) mass is 117 g/mol. The van der Waals surface area contributed by atoms with Gasteiger partial charge in [-0.3, -0.25) is 15.0 Å². The summed E-state index contributed by atoms with van der Waals surface area (Å²) in [5.41, 5.74) is 6.43. The fraction of sp³-hybridized carbons (Fsp3) is 0.333. The maximum absolute atomic E-state index is 10.1. The van der Waals surface area contributed by atoms with Crippen LogP contribution in [0.15, 0.2) is 0 Å². The summed E-state index contributed by atoms with van der Waals surface area (Å²) in [4.78, 5) is 20.2. The van der Waals surface area contributed by atoms with Crippen molar-refractivity contribution < 1.29 is 9.59 Å². The van der Waals surface area contributed by atoms with Crippen LogP contribution in [-0.2, 0) is 9.59 Å². The maximum Gasteiger partial charge on any atom is 0.302 e. The minimum Gasteiger partial charge on any atom is -0.324 e. The van der Waals surface area contributed by atoms with Crippen LogP contribution in [0.2, 0.25) is 0 Å². The third kappa shape index (κ3) is 1.67. The Morgan fingerprint density at radius 1 is 1.50 bits per heavy atom. The molecule has 0 saturated carbocycles. The summed E-state index contributed by atoms with van der Waals surface area (Å²) in [5.74, 6) is 3.00. The van der Waals surface area contributed by atoms with Gasteiger partial charge in [0.2, 0.25) is 5.78 Å². The van der Waals surface area contributed by atoms with Crippen LogP contribution >= 0.6 is 0 Å². The zero-order valence-electron chi connectivity index (χ0n) is 4.18. The maximum atomic E-state index is 10.1. The first kappa shape index (κ1) is 7.06. The van der Waals surface area contributed by atoms with E-state index < -0.39 is 11.7 Å². The number of rotatable bonds is 2. The fourth-order valence-corrected chi connectivity index (χ4v) is 0.173. The molecule has 0 aliphatic heterocycles. The van der Waals surface area contributed by atoms with Gasteiger partial charge in [0.15, 0.2) is 0 Å². The molecule has 5 nitrogen and oxygen atoms in total. The average molecular weight is 117 g/mol. The molecular formula is C3H7N3O2. The van der Waals surface area contributed by atoms with Gasteiger partial charge in [0.1, 0.15) is 0 Å². The molecule has 0 aliphatic rings. The van der Waals surface area contributed by atoms with E-state index in [1.807, 2.05) is 0 Å². The summed E-state index contributed by atoms with van der Waals surface area (Å²) in [5, 5.41) is 0. The Morgan fingerprint density at radius 2 is 2.00 bits per heavy atom. The van der Waals surface area contributed by atoms with Gasteiger partial charge in [0, 0.05) is 0 Å². The van der Waals surface area contributed by atoms with Crippen molar-refractivity contribution in [2.75, 3.05) is 6.54 Å². The zero-order chi connectivity index (χ0) is 6.57. The van der Waals surface area contributed by atoms with Crippen molar-refractivity contribution in [1.82, 2.24) is 5.43 Å². The third-order valence-corrected chi connectivity index (χ3v) is 0.570. The molecule has 8 heavy (non-hydrogen) atoms. The standard InChI is InChI=1S/C3H7N3O2/c4-1-2(7)3(8)6-5/h1,4-5H2,(H,6,8). The first-order valence-corrected chi connectivity index (χ1v) is 1.96. The molecule has 0 aliphatic carbocycles. The minimum absolute atomic E-state index is 0.303. The number of hydrogen-bond donors (Lipinski definition) is 3. The van der Waals surface area contributed by atoms with E-state index in [4.69, 9.17) is 5.73 Å². The van der Waals surface area contributed by atoms with E-state index >= 15 is 0 Å². The summed E-state index contributed by atoms with van der Waals surface area (Å²) >= 11 is 0. The van der Waals surface area contributed by atoms with Crippen LogP contribution in [0.25, 0.3) is 0 Å². The molecule has 5 heteroatoms. The lowest BCUT2D eigenvalue weighted by Gasteiger charge is -1.91. The normalized spacial score (nSPS) is 8.25. The lowest BCUT2D eigenvalue weighted by Crippen LogP contribution is -2.39. The van der Waals surface area contributed by atoms with Crippen LogP contribution < -0.4 is 17.0 Å². The number of carbonyl (C=O) groups is 2. The summed E-state index contributed by atoms with van der Waals surface area (Å²) < 4.78 is 0. The number of carbonyl (C=O) groups excluding carboxylic acids is 2. The molecule has 0 atom stereocenters. The summed E-state index contributed by atoms with van der Waals surface area (Å²) in [6, 6.07) is 0. The van der Waals surface area contributed by atoms with Crippen molar-refractivity contribution in [3.05, 3.63) is 0 Å². The Hall–Kier alpha value is -0.940. The Labute approximate surface area is 46.0 Å². The molecule has 0 spiro atoms. The topological polar surface area (TPSA) is 98.2 Å². The second kappa shape index (κ2) is 3.11. The van der Waals surface area contributed by atoms with E-state index in [2.05, 4.69) is 5.84 Å². The highest BCUT2D eigenvalue weighted by molar-refractivity contribution is 6.36. The van der Waals surface area contributed by atoms with Gasteiger partial charge in [-0.2, -0.15) is 0 Å². The Bertz CT molecular complexity index is 97.1. The Morgan fingerprint density at radius 3 is 2.12 bits per heavy atom. The van der Waals surface area contributed by atoms with Crippen molar-refractivity contribution >= 4 is 11.7 Å². The number of ketones is 1. The highest BCUT2D eigenvalue weighted by Gasteiger charge is 2.06. The number of hydrazine groups is 1. The summed E-state index contributed by atoms with van der Waals surface area (Å²) in [7, 11) is 0. The first-order valence-electron chi connectivity index (χ1n) is 1.96. The first-order chi connectivity index (χ1) is 3.72. The van der Waals surface area contributed by atoms with Crippen LogP contribution in [0.5, 0.6) is 0 Å². The summed E-state index contributed by atoms with van der Waals surface area (Å²) in [6.07, 6.45) is 0. The van der Waals surface area contributed by atoms with Crippen molar-refractivity contribution in [2.45, 2.75) is 0 Å². The number of nitrogens with one attached hydrogen (secondary N) is 1. The number of hydrogen-bond acceptors (Lipinski definition) is 4. The smallest absolute Gasteiger partial charge is 0.302 e. The Balaban J connectivity index is 3.64. The van der Waals surface area contributed by atoms with Gasteiger partial charge in [-0.1, -0.05) is 0 Å². The van der Waals surface area contributed by atoms with Crippen LogP contribution in [0.1, 0.15) is 0 Å². The van der Waals surface area contributed by atoms with Gasteiger partial charge in [-0.25, -0.2) is 5.84 Å². The number of nitrogens with two attached hydrogens (primary N) is 2. The zero-order valence-corrected chi connectivity index (χ0v) is 4.18. The van der Waals surface area contributed by atoms with Crippen LogP contribution in [0.3, 0.4) is 0 Å². The molecule has 5 N–H and O–H groups in total.